The maximum atomic E-state index is 11.9. The van der Waals surface area contributed by atoms with E-state index in [0.29, 0.717) is 6.42 Å². The van der Waals surface area contributed by atoms with Crippen LogP contribution >= 0.6 is 11.3 Å². The Bertz CT molecular complexity index is 358. The van der Waals surface area contributed by atoms with E-state index in [1.807, 2.05) is 26.8 Å². The van der Waals surface area contributed by atoms with Gasteiger partial charge >= 0.3 is 0 Å². The van der Waals surface area contributed by atoms with Crippen molar-refractivity contribution in [1.29, 1.82) is 0 Å². The number of ketones is 1. The molecule has 0 unspecified atom stereocenters. The van der Waals surface area contributed by atoms with Crippen LogP contribution in [0.15, 0.2) is 6.07 Å². The van der Waals surface area contributed by atoms with Crippen LogP contribution in [0, 0.1) is 13.8 Å². The van der Waals surface area contributed by atoms with Crippen LogP contribution in [0.3, 0.4) is 0 Å². The van der Waals surface area contributed by atoms with Crippen molar-refractivity contribution in [3.05, 3.63) is 21.4 Å². The summed E-state index contributed by atoms with van der Waals surface area (Å²) in [6, 6.07) is 1.99. The first kappa shape index (κ1) is 13.4. The van der Waals surface area contributed by atoms with Crippen molar-refractivity contribution in [2.75, 3.05) is 7.11 Å². The average molecular weight is 240 g/mol. The molecule has 0 saturated carbocycles. The Balaban J connectivity index is 2.60. The number of carbonyl (C=O) groups excluding carboxylic acids is 1. The molecule has 90 valence electrons. The minimum atomic E-state index is -0.211. The monoisotopic (exact) mass is 240 g/mol. The number of thiophene rings is 1. The van der Waals surface area contributed by atoms with Crippen molar-refractivity contribution in [3.63, 3.8) is 0 Å². The number of ether oxygens (including phenoxy) is 1. The molecule has 16 heavy (non-hydrogen) atoms. The van der Waals surface area contributed by atoms with Gasteiger partial charge in [-0.3, -0.25) is 4.79 Å². The number of carbonyl (C=O) groups is 1. The molecule has 1 aromatic rings. The third-order valence-corrected chi connectivity index (χ3v) is 4.14. The van der Waals surface area contributed by atoms with Crippen molar-refractivity contribution < 1.29 is 9.53 Å². The molecule has 0 spiro atoms. The highest BCUT2D eigenvalue weighted by Crippen LogP contribution is 2.24. The zero-order chi connectivity index (χ0) is 12.3. The van der Waals surface area contributed by atoms with Gasteiger partial charge in [-0.05, 0) is 45.7 Å². The van der Waals surface area contributed by atoms with E-state index in [1.54, 1.807) is 18.4 Å². The van der Waals surface area contributed by atoms with E-state index in [4.69, 9.17) is 4.74 Å². The van der Waals surface area contributed by atoms with Crippen LogP contribution in [-0.4, -0.2) is 18.5 Å². The highest BCUT2D eigenvalue weighted by molar-refractivity contribution is 7.14. The lowest BCUT2D eigenvalue weighted by Crippen LogP contribution is -2.23. The van der Waals surface area contributed by atoms with Crippen molar-refractivity contribution in [2.45, 2.75) is 46.1 Å². The van der Waals surface area contributed by atoms with E-state index in [-0.39, 0.29) is 11.4 Å². The second-order valence-electron chi connectivity index (χ2n) is 4.74. The second kappa shape index (κ2) is 5.11. The van der Waals surface area contributed by atoms with Gasteiger partial charge in [0, 0.05) is 18.4 Å². The largest absolute Gasteiger partial charge is 0.379 e. The number of aryl methyl sites for hydroxylation is 2. The van der Waals surface area contributed by atoms with Gasteiger partial charge < -0.3 is 4.74 Å². The van der Waals surface area contributed by atoms with Gasteiger partial charge in [-0.2, -0.15) is 0 Å². The van der Waals surface area contributed by atoms with Crippen LogP contribution in [0.25, 0.3) is 0 Å². The van der Waals surface area contributed by atoms with Crippen LogP contribution in [0.5, 0.6) is 0 Å². The zero-order valence-corrected chi connectivity index (χ0v) is 11.5. The van der Waals surface area contributed by atoms with Crippen LogP contribution in [0.1, 0.15) is 46.8 Å². The predicted molar refractivity (Wildman–Crippen MR) is 68.4 cm³/mol. The van der Waals surface area contributed by atoms with Crippen molar-refractivity contribution >= 4 is 17.1 Å². The maximum Gasteiger partial charge on any atom is 0.172 e. The quantitative estimate of drug-likeness (QED) is 0.733. The predicted octanol–water partition coefficient (Wildman–Crippen LogP) is 3.75. The molecule has 0 atom stereocenters. The summed E-state index contributed by atoms with van der Waals surface area (Å²) in [4.78, 5) is 14.0. The summed E-state index contributed by atoms with van der Waals surface area (Å²) in [6.07, 6.45) is 1.32. The van der Waals surface area contributed by atoms with Crippen LogP contribution in [0.2, 0.25) is 0 Å². The molecule has 0 aliphatic carbocycles. The summed E-state index contributed by atoms with van der Waals surface area (Å²) in [6.45, 7) is 8.11. The van der Waals surface area contributed by atoms with Crippen molar-refractivity contribution in [2.24, 2.45) is 0 Å². The Kier molecular flexibility index (Phi) is 4.28. The standard InChI is InChI=1S/C13H20O2S/c1-9-8-12(16-10(9)2)11(14)6-7-13(3,4)15-5/h8H,6-7H2,1-5H3. The average Bonchev–Trinajstić information content (AvgIpc) is 2.56. The van der Waals surface area contributed by atoms with E-state index >= 15 is 0 Å². The molecule has 0 radical (unpaired) electrons. The summed E-state index contributed by atoms with van der Waals surface area (Å²) >= 11 is 1.59. The lowest BCUT2D eigenvalue weighted by atomic mass is 10.00. The normalized spacial score (nSPS) is 11.8. The summed E-state index contributed by atoms with van der Waals surface area (Å²) in [5, 5.41) is 0. The van der Waals surface area contributed by atoms with Crippen LogP contribution < -0.4 is 0 Å². The van der Waals surface area contributed by atoms with Gasteiger partial charge in [0.2, 0.25) is 0 Å². The molecule has 0 amide bonds. The van der Waals surface area contributed by atoms with E-state index in [1.165, 1.54) is 10.4 Å². The molecule has 0 aliphatic rings. The summed E-state index contributed by atoms with van der Waals surface area (Å²) in [5.41, 5.74) is 0.996. The maximum absolute atomic E-state index is 11.9. The lowest BCUT2D eigenvalue weighted by Gasteiger charge is -2.21. The molecular weight excluding hydrogens is 220 g/mol. The molecule has 0 aromatic carbocycles. The van der Waals surface area contributed by atoms with E-state index in [0.717, 1.165) is 11.3 Å². The van der Waals surface area contributed by atoms with Crippen molar-refractivity contribution in [3.8, 4) is 0 Å². The first-order valence-corrected chi connectivity index (χ1v) is 6.33. The van der Waals surface area contributed by atoms with Crippen molar-refractivity contribution in [1.82, 2.24) is 0 Å². The Hall–Kier alpha value is -0.670. The Labute approximate surface area is 102 Å². The van der Waals surface area contributed by atoms with E-state index < -0.39 is 0 Å². The number of Topliss-reactive ketones (excluding diaryl/α,β-unsaturated/α-hetero) is 1. The summed E-state index contributed by atoms with van der Waals surface area (Å²) < 4.78 is 5.30. The molecule has 0 bridgehead atoms. The minimum absolute atomic E-state index is 0.211. The Morgan fingerprint density at radius 2 is 2.06 bits per heavy atom. The highest BCUT2D eigenvalue weighted by atomic mass is 32.1. The van der Waals surface area contributed by atoms with E-state index in [2.05, 4.69) is 6.92 Å². The second-order valence-corrected chi connectivity index (χ2v) is 5.99. The zero-order valence-electron chi connectivity index (χ0n) is 10.7. The Morgan fingerprint density at radius 1 is 1.44 bits per heavy atom. The first-order chi connectivity index (χ1) is 7.35. The molecule has 0 fully saturated rings. The van der Waals surface area contributed by atoms with Crippen LogP contribution in [0.4, 0.5) is 0 Å². The molecule has 0 saturated heterocycles. The molecule has 1 rings (SSSR count). The minimum Gasteiger partial charge on any atom is -0.379 e. The smallest absolute Gasteiger partial charge is 0.172 e. The molecule has 0 aliphatic heterocycles. The van der Waals surface area contributed by atoms with Gasteiger partial charge in [0.25, 0.3) is 0 Å². The first-order valence-electron chi connectivity index (χ1n) is 5.51. The van der Waals surface area contributed by atoms with Gasteiger partial charge in [0.15, 0.2) is 5.78 Å². The molecule has 1 aromatic heterocycles. The fraction of sp³-hybridized carbons (Fsp3) is 0.615. The number of hydrogen-bond donors (Lipinski definition) is 0. The van der Waals surface area contributed by atoms with Gasteiger partial charge in [-0.25, -0.2) is 0 Å². The van der Waals surface area contributed by atoms with Gasteiger partial charge in [-0.15, -0.1) is 11.3 Å². The third kappa shape index (κ3) is 3.42. The fourth-order valence-corrected chi connectivity index (χ4v) is 2.35. The fourth-order valence-electron chi connectivity index (χ4n) is 1.35. The van der Waals surface area contributed by atoms with Gasteiger partial charge in [0.1, 0.15) is 0 Å². The molecular formula is C13H20O2S. The third-order valence-electron chi connectivity index (χ3n) is 2.95. The Morgan fingerprint density at radius 3 is 2.50 bits per heavy atom. The van der Waals surface area contributed by atoms with Gasteiger partial charge in [-0.1, -0.05) is 0 Å². The molecule has 2 nitrogen and oxygen atoms in total. The number of methoxy groups -OCH3 is 1. The van der Waals surface area contributed by atoms with E-state index in [9.17, 15) is 4.79 Å². The summed E-state index contributed by atoms with van der Waals surface area (Å²) in [7, 11) is 1.68. The lowest BCUT2D eigenvalue weighted by molar-refractivity contribution is 0.0142. The molecule has 0 N–H and O–H groups in total. The topological polar surface area (TPSA) is 26.3 Å². The highest BCUT2D eigenvalue weighted by Gasteiger charge is 2.19. The SMILES string of the molecule is COC(C)(C)CCC(=O)c1cc(C)c(C)s1. The number of rotatable bonds is 5. The molecule has 1 heterocycles. The summed E-state index contributed by atoms with van der Waals surface area (Å²) in [5.74, 6) is 0.228. The van der Waals surface area contributed by atoms with Crippen LogP contribution in [-0.2, 0) is 4.74 Å². The van der Waals surface area contributed by atoms with Gasteiger partial charge in [0.05, 0.1) is 10.5 Å². The molecule has 3 heteroatoms. The number of hydrogen-bond acceptors (Lipinski definition) is 3.